The molecule has 5 heteroatoms. The molecule has 2 aliphatic heterocycles. The van der Waals surface area contributed by atoms with E-state index in [4.69, 9.17) is 0 Å². The van der Waals surface area contributed by atoms with Crippen LogP contribution in [0.2, 0.25) is 0 Å². The van der Waals surface area contributed by atoms with Gasteiger partial charge in [-0.15, -0.1) is 23.5 Å². The molecule has 60 valence electrons. The van der Waals surface area contributed by atoms with Crippen LogP contribution in [0, 0.1) is 0 Å². The Bertz CT molecular complexity index is 197. The van der Waals surface area contributed by atoms with Gasteiger partial charge in [-0.1, -0.05) is 0 Å². The van der Waals surface area contributed by atoms with E-state index in [0.717, 1.165) is 11.5 Å². The summed E-state index contributed by atoms with van der Waals surface area (Å²) in [5.74, 6) is 1.76. The summed E-state index contributed by atoms with van der Waals surface area (Å²) >= 11 is 3.18. The molecule has 2 amide bonds. The minimum Gasteiger partial charge on any atom is -0.294 e. The highest BCUT2D eigenvalue weighted by Crippen LogP contribution is 2.34. The number of carbonyl (C=O) groups excluding carboxylic acids is 2. The lowest BCUT2D eigenvalue weighted by Gasteiger charge is -2.19. The molecule has 2 fully saturated rings. The molecule has 0 spiro atoms. The molecule has 0 aromatic rings. The van der Waals surface area contributed by atoms with Gasteiger partial charge in [-0.2, -0.15) is 0 Å². The van der Waals surface area contributed by atoms with Crippen LogP contribution < -0.4 is 5.32 Å². The molecule has 2 atom stereocenters. The molecular formula is C6H7NO2S2. The number of imide groups is 1. The Labute approximate surface area is 72.7 Å². The molecule has 2 unspecified atom stereocenters. The summed E-state index contributed by atoms with van der Waals surface area (Å²) in [4.78, 5) is 22.1. The number of thioether (sulfide) groups is 2. The van der Waals surface area contributed by atoms with Crippen LogP contribution in [0.4, 0.5) is 0 Å². The SMILES string of the molecule is O=C1NC(=O)C2SCCSC12. The number of hydrogen-bond donors (Lipinski definition) is 1. The summed E-state index contributed by atoms with van der Waals surface area (Å²) < 4.78 is 0. The van der Waals surface area contributed by atoms with E-state index in [-0.39, 0.29) is 22.3 Å². The fourth-order valence-electron chi connectivity index (χ4n) is 1.21. The van der Waals surface area contributed by atoms with Gasteiger partial charge in [0.25, 0.3) is 0 Å². The van der Waals surface area contributed by atoms with Crippen LogP contribution in [-0.4, -0.2) is 33.8 Å². The summed E-state index contributed by atoms with van der Waals surface area (Å²) in [5.41, 5.74) is 0. The molecule has 0 aromatic heterocycles. The van der Waals surface area contributed by atoms with Gasteiger partial charge in [-0.25, -0.2) is 0 Å². The number of fused-ring (bicyclic) bond motifs is 1. The van der Waals surface area contributed by atoms with E-state index in [1.807, 2.05) is 0 Å². The predicted molar refractivity (Wildman–Crippen MR) is 45.6 cm³/mol. The second-order valence-electron chi connectivity index (χ2n) is 2.44. The Kier molecular flexibility index (Phi) is 1.85. The Morgan fingerprint density at radius 2 is 1.55 bits per heavy atom. The molecule has 11 heavy (non-hydrogen) atoms. The fourth-order valence-corrected chi connectivity index (χ4v) is 3.98. The quantitative estimate of drug-likeness (QED) is 0.539. The normalized spacial score (nSPS) is 36.7. The maximum absolute atomic E-state index is 11.1. The van der Waals surface area contributed by atoms with Crippen molar-refractivity contribution in [3.8, 4) is 0 Å². The van der Waals surface area contributed by atoms with Crippen molar-refractivity contribution >= 4 is 35.3 Å². The van der Waals surface area contributed by atoms with Crippen molar-refractivity contribution in [3.63, 3.8) is 0 Å². The van der Waals surface area contributed by atoms with Crippen LogP contribution in [0.25, 0.3) is 0 Å². The molecule has 0 radical (unpaired) electrons. The van der Waals surface area contributed by atoms with Crippen molar-refractivity contribution in [2.75, 3.05) is 11.5 Å². The van der Waals surface area contributed by atoms with Gasteiger partial charge in [-0.3, -0.25) is 14.9 Å². The van der Waals surface area contributed by atoms with E-state index in [1.54, 1.807) is 23.5 Å². The zero-order valence-electron chi connectivity index (χ0n) is 5.70. The third-order valence-corrected chi connectivity index (χ3v) is 4.72. The van der Waals surface area contributed by atoms with Crippen LogP contribution in [0.15, 0.2) is 0 Å². The lowest BCUT2D eigenvalue weighted by molar-refractivity contribution is -0.124. The predicted octanol–water partition coefficient (Wildman–Crippen LogP) is -0.140. The molecule has 0 aromatic carbocycles. The minimum atomic E-state index is -0.110. The van der Waals surface area contributed by atoms with Crippen molar-refractivity contribution in [1.82, 2.24) is 5.32 Å². The number of carbonyl (C=O) groups is 2. The molecule has 0 aliphatic carbocycles. The third kappa shape index (κ3) is 1.16. The van der Waals surface area contributed by atoms with Crippen LogP contribution in [0.5, 0.6) is 0 Å². The standard InChI is InChI=1S/C6H7NO2S2/c8-5-3-4(6(9)7-5)11-2-1-10-3/h3-4H,1-2H2,(H,7,8,9). The summed E-state index contributed by atoms with van der Waals surface area (Å²) in [7, 11) is 0. The van der Waals surface area contributed by atoms with Crippen LogP contribution in [-0.2, 0) is 9.59 Å². The van der Waals surface area contributed by atoms with E-state index in [1.165, 1.54) is 0 Å². The number of rotatable bonds is 0. The maximum atomic E-state index is 11.1. The monoisotopic (exact) mass is 189 g/mol. The van der Waals surface area contributed by atoms with Gasteiger partial charge in [0.1, 0.15) is 10.5 Å². The fraction of sp³-hybridized carbons (Fsp3) is 0.667. The van der Waals surface area contributed by atoms with Crippen molar-refractivity contribution in [1.29, 1.82) is 0 Å². The topological polar surface area (TPSA) is 46.2 Å². The molecule has 0 bridgehead atoms. The Balaban J connectivity index is 2.19. The van der Waals surface area contributed by atoms with Gasteiger partial charge in [0.05, 0.1) is 0 Å². The number of amides is 2. The van der Waals surface area contributed by atoms with Gasteiger partial charge in [-0.05, 0) is 0 Å². The second-order valence-corrected chi connectivity index (χ2v) is 4.94. The van der Waals surface area contributed by atoms with Crippen LogP contribution in [0.3, 0.4) is 0 Å². The number of hydrogen-bond acceptors (Lipinski definition) is 4. The average molecular weight is 189 g/mol. The zero-order chi connectivity index (χ0) is 7.84. The van der Waals surface area contributed by atoms with Gasteiger partial charge in [0, 0.05) is 11.5 Å². The summed E-state index contributed by atoms with van der Waals surface area (Å²) in [6.45, 7) is 0. The number of nitrogens with one attached hydrogen (secondary N) is 1. The Morgan fingerprint density at radius 1 is 1.09 bits per heavy atom. The Morgan fingerprint density at radius 3 is 2.00 bits per heavy atom. The molecule has 3 nitrogen and oxygen atoms in total. The third-order valence-electron chi connectivity index (χ3n) is 1.72. The highest BCUT2D eigenvalue weighted by Gasteiger charge is 2.43. The smallest absolute Gasteiger partial charge is 0.241 e. The van der Waals surface area contributed by atoms with Crippen LogP contribution in [0.1, 0.15) is 0 Å². The van der Waals surface area contributed by atoms with E-state index in [0.29, 0.717) is 0 Å². The first kappa shape index (κ1) is 7.49. The summed E-state index contributed by atoms with van der Waals surface area (Å²) in [6.07, 6.45) is 0. The molecule has 2 saturated heterocycles. The van der Waals surface area contributed by atoms with Crippen molar-refractivity contribution < 1.29 is 9.59 Å². The minimum absolute atomic E-state index is 0.0998. The first-order valence-electron chi connectivity index (χ1n) is 3.37. The van der Waals surface area contributed by atoms with Crippen LogP contribution >= 0.6 is 23.5 Å². The van der Waals surface area contributed by atoms with Crippen molar-refractivity contribution in [3.05, 3.63) is 0 Å². The first-order valence-corrected chi connectivity index (χ1v) is 5.47. The highest BCUT2D eigenvalue weighted by atomic mass is 32.2. The van der Waals surface area contributed by atoms with Gasteiger partial charge >= 0.3 is 0 Å². The molecule has 0 saturated carbocycles. The van der Waals surface area contributed by atoms with Gasteiger partial charge in [0.2, 0.25) is 11.8 Å². The summed E-state index contributed by atoms with van der Waals surface area (Å²) in [6, 6.07) is 0. The van der Waals surface area contributed by atoms with Gasteiger partial charge in [0.15, 0.2) is 0 Å². The maximum Gasteiger partial charge on any atom is 0.241 e. The van der Waals surface area contributed by atoms with E-state index in [9.17, 15) is 9.59 Å². The molecule has 2 rings (SSSR count). The zero-order valence-corrected chi connectivity index (χ0v) is 7.33. The van der Waals surface area contributed by atoms with E-state index >= 15 is 0 Å². The van der Waals surface area contributed by atoms with Gasteiger partial charge < -0.3 is 0 Å². The first-order chi connectivity index (χ1) is 5.29. The lowest BCUT2D eigenvalue weighted by Crippen LogP contribution is -2.27. The van der Waals surface area contributed by atoms with E-state index < -0.39 is 0 Å². The highest BCUT2D eigenvalue weighted by molar-refractivity contribution is 8.08. The second kappa shape index (κ2) is 2.71. The molecule has 2 heterocycles. The molecule has 2 aliphatic rings. The molecule has 1 N–H and O–H groups in total. The lowest BCUT2D eigenvalue weighted by atomic mass is 10.3. The average Bonchev–Trinajstić information content (AvgIpc) is 2.30. The Hall–Kier alpha value is -0.160. The van der Waals surface area contributed by atoms with Crippen molar-refractivity contribution in [2.24, 2.45) is 0 Å². The summed E-state index contributed by atoms with van der Waals surface area (Å²) in [5, 5.41) is 2.12. The molecular weight excluding hydrogens is 182 g/mol. The largest absolute Gasteiger partial charge is 0.294 e. The van der Waals surface area contributed by atoms with Crippen molar-refractivity contribution in [2.45, 2.75) is 10.5 Å². The van der Waals surface area contributed by atoms with E-state index in [2.05, 4.69) is 5.32 Å².